The molecular weight excluding hydrogens is 360 g/mol. The number of anilines is 3. The first-order valence-electron chi connectivity index (χ1n) is 9.73. The maximum Gasteiger partial charge on any atom is 0.230 e. The van der Waals surface area contributed by atoms with Gasteiger partial charge in [-0.1, -0.05) is 0 Å². The Morgan fingerprint density at radius 2 is 2.11 bits per heavy atom. The van der Waals surface area contributed by atoms with E-state index in [1.165, 1.54) is 0 Å². The van der Waals surface area contributed by atoms with Gasteiger partial charge in [0.1, 0.15) is 12.4 Å². The number of hydrogen-bond donors (Lipinski definition) is 1. The summed E-state index contributed by atoms with van der Waals surface area (Å²) in [6.45, 7) is 5.53. The molecule has 1 atom stereocenters. The van der Waals surface area contributed by atoms with Crippen molar-refractivity contribution < 1.29 is 14.2 Å². The molecule has 5 heterocycles. The molecule has 9 heteroatoms. The van der Waals surface area contributed by atoms with Gasteiger partial charge in [0.15, 0.2) is 0 Å². The predicted octanol–water partition coefficient (Wildman–Crippen LogP) is 0.727. The second-order valence-electron chi connectivity index (χ2n) is 7.07. The SMILES string of the molecule is c1cncc(N2CCc3c(OCC4COCN4)nc(N4CCOCC4)nc32)c1. The van der Waals surface area contributed by atoms with Gasteiger partial charge in [-0.15, -0.1) is 0 Å². The molecule has 1 N–H and O–H groups in total. The Labute approximate surface area is 163 Å². The highest BCUT2D eigenvalue weighted by Crippen LogP contribution is 2.38. The molecule has 0 aromatic carbocycles. The lowest BCUT2D eigenvalue weighted by Gasteiger charge is -2.28. The first-order valence-corrected chi connectivity index (χ1v) is 9.73. The molecule has 2 fully saturated rings. The van der Waals surface area contributed by atoms with E-state index < -0.39 is 0 Å². The third kappa shape index (κ3) is 3.48. The largest absolute Gasteiger partial charge is 0.476 e. The van der Waals surface area contributed by atoms with E-state index in [1.807, 2.05) is 12.3 Å². The zero-order valence-corrected chi connectivity index (χ0v) is 15.7. The third-order valence-electron chi connectivity index (χ3n) is 5.24. The molecule has 0 amide bonds. The number of fused-ring (bicyclic) bond motifs is 1. The van der Waals surface area contributed by atoms with Crippen LogP contribution in [0.15, 0.2) is 24.5 Å². The minimum Gasteiger partial charge on any atom is -0.476 e. The Morgan fingerprint density at radius 3 is 2.89 bits per heavy atom. The van der Waals surface area contributed by atoms with E-state index in [0.717, 1.165) is 43.1 Å². The average molecular weight is 384 g/mol. The number of hydrogen-bond acceptors (Lipinski definition) is 9. The predicted molar refractivity (Wildman–Crippen MR) is 103 cm³/mol. The van der Waals surface area contributed by atoms with E-state index in [-0.39, 0.29) is 6.04 Å². The van der Waals surface area contributed by atoms with Crippen LogP contribution in [0.3, 0.4) is 0 Å². The second kappa shape index (κ2) is 7.86. The van der Waals surface area contributed by atoms with Gasteiger partial charge in [-0.05, 0) is 18.6 Å². The molecule has 2 saturated heterocycles. The molecule has 1 unspecified atom stereocenters. The number of nitrogens with zero attached hydrogens (tertiary/aromatic N) is 5. The monoisotopic (exact) mass is 384 g/mol. The van der Waals surface area contributed by atoms with Crippen molar-refractivity contribution in [1.82, 2.24) is 20.3 Å². The number of rotatable bonds is 5. The summed E-state index contributed by atoms with van der Waals surface area (Å²) in [7, 11) is 0. The summed E-state index contributed by atoms with van der Waals surface area (Å²) in [5.74, 6) is 2.28. The first-order chi connectivity index (χ1) is 13.9. The lowest BCUT2D eigenvalue weighted by atomic mass is 10.2. The minimum absolute atomic E-state index is 0.188. The van der Waals surface area contributed by atoms with Gasteiger partial charge >= 0.3 is 0 Å². The van der Waals surface area contributed by atoms with Crippen LogP contribution in [0, 0.1) is 0 Å². The molecule has 0 bridgehead atoms. The van der Waals surface area contributed by atoms with Crippen molar-refractivity contribution >= 4 is 17.5 Å². The first kappa shape index (κ1) is 17.6. The van der Waals surface area contributed by atoms with Gasteiger partial charge in [-0.3, -0.25) is 10.3 Å². The molecule has 3 aliphatic rings. The highest BCUT2D eigenvalue weighted by molar-refractivity contribution is 5.69. The molecule has 3 aliphatic heterocycles. The van der Waals surface area contributed by atoms with Crippen LogP contribution < -0.4 is 19.9 Å². The normalized spacial score (nSPS) is 21.8. The molecule has 0 aliphatic carbocycles. The molecule has 28 heavy (non-hydrogen) atoms. The standard InChI is InChI=1S/C19H24N6O3/c1-2-15(10-20-4-1)25-5-3-16-17(25)22-19(24-6-8-26-9-7-24)23-18(16)28-12-14-11-27-13-21-14/h1-2,4,10,14,21H,3,5-9,11-13H2. The number of morpholine rings is 1. The highest BCUT2D eigenvalue weighted by atomic mass is 16.5. The molecule has 0 saturated carbocycles. The zero-order chi connectivity index (χ0) is 18.8. The van der Waals surface area contributed by atoms with Gasteiger partial charge in [0.25, 0.3) is 0 Å². The van der Waals surface area contributed by atoms with Gasteiger partial charge in [0, 0.05) is 25.8 Å². The van der Waals surface area contributed by atoms with Crippen LogP contribution >= 0.6 is 0 Å². The van der Waals surface area contributed by atoms with Gasteiger partial charge in [0.05, 0.1) is 50.0 Å². The maximum absolute atomic E-state index is 6.15. The smallest absolute Gasteiger partial charge is 0.230 e. The number of nitrogens with one attached hydrogen (secondary N) is 1. The molecule has 0 radical (unpaired) electrons. The fourth-order valence-electron chi connectivity index (χ4n) is 3.73. The molecule has 2 aromatic rings. The maximum atomic E-state index is 6.15. The van der Waals surface area contributed by atoms with Crippen LogP contribution in [0.2, 0.25) is 0 Å². The van der Waals surface area contributed by atoms with Crippen molar-refractivity contribution in [3.63, 3.8) is 0 Å². The lowest BCUT2D eigenvalue weighted by molar-refractivity contribution is 0.122. The number of aromatic nitrogens is 3. The van der Waals surface area contributed by atoms with Crippen LogP contribution in [0.1, 0.15) is 5.56 Å². The van der Waals surface area contributed by atoms with Gasteiger partial charge in [-0.25, -0.2) is 0 Å². The molecular formula is C19H24N6O3. The van der Waals surface area contributed by atoms with Crippen molar-refractivity contribution in [1.29, 1.82) is 0 Å². The zero-order valence-electron chi connectivity index (χ0n) is 15.7. The Morgan fingerprint density at radius 1 is 1.18 bits per heavy atom. The Hall–Kier alpha value is -2.49. The topological polar surface area (TPSA) is 84.9 Å². The van der Waals surface area contributed by atoms with E-state index >= 15 is 0 Å². The van der Waals surface area contributed by atoms with E-state index in [9.17, 15) is 0 Å². The molecule has 9 nitrogen and oxygen atoms in total. The molecule has 5 rings (SSSR count). The van der Waals surface area contributed by atoms with Crippen LogP contribution in [0.4, 0.5) is 17.5 Å². The summed E-state index contributed by atoms with van der Waals surface area (Å²) in [4.78, 5) is 18.3. The van der Waals surface area contributed by atoms with Crippen LogP contribution in [0.25, 0.3) is 0 Å². The van der Waals surface area contributed by atoms with Gasteiger partial charge < -0.3 is 24.0 Å². The lowest BCUT2D eigenvalue weighted by Crippen LogP contribution is -2.37. The minimum atomic E-state index is 0.188. The van der Waals surface area contributed by atoms with E-state index in [0.29, 0.717) is 45.0 Å². The highest BCUT2D eigenvalue weighted by Gasteiger charge is 2.30. The van der Waals surface area contributed by atoms with Crippen LogP contribution in [-0.4, -0.2) is 73.8 Å². The quantitative estimate of drug-likeness (QED) is 0.802. The fraction of sp³-hybridized carbons (Fsp3) is 0.526. The summed E-state index contributed by atoms with van der Waals surface area (Å²) in [5.41, 5.74) is 2.09. The van der Waals surface area contributed by atoms with Crippen molar-refractivity contribution in [2.24, 2.45) is 0 Å². The summed E-state index contributed by atoms with van der Waals surface area (Å²) in [6, 6.07) is 4.19. The van der Waals surface area contributed by atoms with Gasteiger partial charge in [-0.2, -0.15) is 9.97 Å². The third-order valence-corrected chi connectivity index (χ3v) is 5.24. The van der Waals surface area contributed by atoms with E-state index in [2.05, 4.69) is 26.2 Å². The van der Waals surface area contributed by atoms with Crippen LogP contribution in [0.5, 0.6) is 5.88 Å². The fourth-order valence-corrected chi connectivity index (χ4v) is 3.73. The van der Waals surface area contributed by atoms with Crippen molar-refractivity contribution in [2.75, 3.05) is 62.6 Å². The second-order valence-corrected chi connectivity index (χ2v) is 7.07. The average Bonchev–Trinajstić information content (AvgIpc) is 3.43. The summed E-state index contributed by atoms with van der Waals surface area (Å²) >= 11 is 0. The number of ether oxygens (including phenoxy) is 3. The van der Waals surface area contributed by atoms with E-state index in [1.54, 1.807) is 6.20 Å². The number of pyridine rings is 1. The van der Waals surface area contributed by atoms with Crippen LogP contribution in [-0.2, 0) is 15.9 Å². The van der Waals surface area contributed by atoms with Crippen molar-refractivity contribution in [3.05, 3.63) is 30.1 Å². The van der Waals surface area contributed by atoms with Crippen molar-refractivity contribution in [2.45, 2.75) is 12.5 Å². The molecule has 2 aromatic heterocycles. The molecule has 148 valence electrons. The Bertz CT molecular complexity index is 809. The Kier molecular flexibility index (Phi) is 4.94. The van der Waals surface area contributed by atoms with Crippen molar-refractivity contribution in [3.8, 4) is 5.88 Å². The molecule has 0 spiro atoms. The van der Waals surface area contributed by atoms with E-state index in [4.69, 9.17) is 24.2 Å². The summed E-state index contributed by atoms with van der Waals surface area (Å²) in [5, 5.41) is 3.27. The van der Waals surface area contributed by atoms with Gasteiger partial charge in [0.2, 0.25) is 11.8 Å². The summed E-state index contributed by atoms with van der Waals surface area (Å²) < 4.78 is 17.0. The summed E-state index contributed by atoms with van der Waals surface area (Å²) in [6.07, 6.45) is 4.49. The Balaban J connectivity index is 1.47.